The minimum atomic E-state index is -4.90. The molecule has 1 atom stereocenters. The summed E-state index contributed by atoms with van der Waals surface area (Å²) in [5, 5.41) is 0. The standard InChI is InChI=1S/C11H19ClF3O5P/c1-7(2)19-21(17,20-8(3)4)6-9(11(13,14)15)18-10(16)5-12/h7-9H,5-6H2,1-4H3/t9-/m1/s1. The van der Waals surface area contributed by atoms with Crippen LogP contribution in [0.5, 0.6) is 0 Å². The highest BCUT2D eigenvalue weighted by molar-refractivity contribution is 7.53. The first-order valence-corrected chi connectivity index (χ1v) is 8.44. The molecule has 0 saturated heterocycles. The van der Waals surface area contributed by atoms with E-state index in [4.69, 9.17) is 20.6 Å². The van der Waals surface area contributed by atoms with Gasteiger partial charge in [-0.15, -0.1) is 11.6 Å². The molecule has 10 heteroatoms. The van der Waals surface area contributed by atoms with Crippen molar-refractivity contribution in [2.24, 2.45) is 0 Å². The molecular weight excluding hydrogens is 336 g/mol. The largest absolute Gasteiger partial charge is 0.451 e. The summed E-state index contributed by atoms with van der Waals surface area (Å²) in [5.74, 6) is -2.01. The Hall–Kier alpha value is -0.300. The Morgan fingerprint density at radius 2 is 1.57 bits per heavy atom. The van der Waals surface area contributed by atoms with Gasteiger partial charge in [0.1, 0.15) is 5.88 Å². The van der Waals surface area contributed by atoms with E-state index in [0.29, 0.717) is 0 Å². The maximum Gasteiger partial charge on any atom is 0.426 e. The van der Waals surface area contributed by atoms with Crippen LogP contribution in [0.3, 0.4) is 0 Å². The van der Waals surface area contributed by atoms with Crippen LogP contribution < -0.4 is 0 Å². The summed E-state index contributed by atoms with van der Waals surface area (Å²) < 4.78 is 65.2. The van der Waals surface area contributed by atoms with Crippen molar-refractivity contribution in [3.05, 3.63) is 0 Å². The van der Waals surface area contributed by atoms with Gasteiger partial charge in [0.25, 0.3) is 0 Å². The van der Waals surface area contributed by atoms with Crippen LogP contribution in [-0.4, -0.2) is 42.5 Å². The predicted molar refractivity (Wildman–Crippen MR) is 71.6 cm³/mol. The minimum absolute atomic E-state index is 0.618. The van der Waals surface area contributed by atoms with Crippen LogP contribution >= 0.6 is 19.2 Å². The molecule has 126 valence electrons. The molecule has 0 heterocycles. The van der Waals surface area contributed by atoms with Crippen molar-refractivity contribution in [3.8, 4) is 0 Å². The molecule has 0 fully saturated rings. The minimum Gasteiger partial charge on any atom is -0.451 e. The van der Waals surface area contributed by atoms with E-state index in [9.17, 15) is 22.5 Å². The first kappa shape index (κ1) is 20.7. The van der Waals surface area contributed by atoms with Crippen LogP contribution in [0, 0.1) is 0 Å². The highest BCUT2D eigenvalue weighted by atomic mass is 35.5. The third kappa shape index (κ3) is 8.66. The molecule has 0 aliphatic rings. The Bertz CT molecular complexity index is 373. The van der Waals surface area contributed by atoms with Crippen molar-refractivity contribution in [2.45, 2.75) is 52.2 Å². The molecule has 0 aliphatic heterocycles. The lowest BCUT2D eigenvalue weighted by atomic mass is 10.4. The Morgan fingerprint density at radius 1 is 1.14 bits per heavy atom. The molecule has 0 amide bonds. The highest BCUT2D eigenvalue weighted by Crippen LogP contribution is 2.52. The fraction of sp³-hybridized carbons (Fsp3) is 0.909. The van der Waals surface area contributed by atoms with Gasteiger partial charge < -0.3 is 13.8 Å². The maximum atomic E-state index is 12.9. The monoisotopic (exact) mass is 354 g/mol. The number of halogens is 4. The number of hydrogen-bond acceptors (Lipinski definition) is 5. The average Bonchev–Trinajstić information content (AvgIpc) is 2.23. The van der Waals surface area contributed by atoms with Gasteiger partial charge in [0.2, 0.25) is 6.10 Å². The van der Waals surface area contributed by atoms with Crippen LogP contribution in [0.25, 0.3) is 0 Å². The van der Waals surface area contributed by atoms with Gasteiger partial charge in [0, 0.05) is 0 Å². The van der Waals surface area contributed by atoms with Crippen molar-refractivity contribution >= 4 is 25.2 Å². The van der Waals surface area contributed by atoms with Crippen LogP contribution in [0.4, 0.5) is 13.2 Å². The molecule has 21 heavy (non-hydrogen) atoms. The average molecular weight is 355 g/mol. The second kappa shape index (κ2) is 8.36. The molecule has 0 aromatic carbocycles. The summed E-state index contributed by atoms with van der Waals surface area (Å²) in [7, 11) is -4.09. The number of esters is 1. The Labute approximate surface area is 126 Å². The van der Waals surface area contributed by atoms with Gasteiger partial charge in [-0.2, -0.15) is 13.2 Å². The summed E-state index contributed by atoms with van der Waals surface area (Å²) >= 11 is 5.11. The van der Waals surface area contributed by atoms with Gasteiger partial charge in [-0.05, 0) is 27.7 Å². The Balaban J connectivity index is 5.20. The molecule has 0 N–H and O–H groups in total. The van der Waals surface area contributed by atoms with Gasteiger partial charge in [-0.3, -0.25) is 9.36 Å². The van der Waals surface area contributed by atoms with E-state index in [1.807, 2.05) is 0 Å². The molecule has 0 unspecified atom stereocenters. The maximum absolute atomic E-state index is 12.9. The van der Waals surface area contributed by atoms with Crippen molar-refractivity contribution in [3.63, 3.8) is 0 Å². The van der Waals surface area contributed by atoms with Crippen LogP contribution in [0.1, 0.15) is 27.7 Å². The van der Waals surface area contributed by atoms with E-state index in [1.165, 1.54) is 27.7 Å². The molecule has 0 bridgehead atoms. The van der Waals surface area contributed by atoms with Crippen molar-refractivity contribution in [1.82, 2.24) is 0 Å². The van der Waals surface area contributed by atoms with Crippen LogP contribution in [-0.2, 0) is 23.1 Å². The van der Waals surface area contributed by atoms with E-state index < -0.39 is 50.1 Å². The molecule has 0 aromatic heterocycles. The topological polar surface area (TPSA) is 61.8 Å². The van der Waals surface area contributed by atoms with E-state index in [1.54, 1.807) is 0 Å². The summed E-state index contributed by atoms with van der Waals surface area (Å²) in [6, 6.07) is 0. The van der Waals surface area contributed by atoms with Crippen molar-refractivity contribution in [1.29, 1.82) is 0 Å². The smallest absolute Gasteiger partial charge is 0.426 e. The number of hydrogen-bond donors (Lipinski definition) is 0. The van der Waals surface area contributed by atoms with E-state index in [2.05, 4.69) is 4.74 Å². The number of rotatable bonds is 8. The summed E-state index contributed by atoms with van der Waals surface area (Å²) in [6.45, 7) is 6.01. The van der Waals surface area contributed by atoms with E-state index in [0.717, 1.165) is 0 Å². The van der Waals surface area contributed by atoms with Gasteiger partial charge in [-0.1, -0.05) is 0 Å². The number of carbonyl (C=O) groups excluding carboxylic acids is 1. The Morgan fingerprint density at radius 3 is 1.86 bits per heavy atom. The fourth-order valence-electron chi connectivity index (χ4n) is 1.35. The van der Waals surface area contributed by atoms with Crippen molar-refractivity contribution in [2.75, 3.05) is 12.0 Å². The lowest BCUT2D eigenvalue weighted by Gasteiger charge is -2.27. The number of carbonyl (C=O) groups is 1. The van der Waals surface area contributed by atoms with Crippen molar-refractivity contribution < 1.29 is 36.3 Å². The SMILES string of the molecule is CC(C)OP(=O)(C[C@@H](OC(=O)CCl)C(F)(F)F)OC(C)C. The van der Waals surface area contributed by atoms with Gasteiger partial charge in [0.05, 0.1) is 18.4 Å². The zero-order chi connectivity index (χ0) is 16.8. The first-order chi connectivity index (χ1) is 9.39. The predicted octanol–water partition coefficient (Wildman–Crippen LogP) is 3.74. The summed E-state index contributed by atoms with van der Waals surface area (Å²) in [6.07, 6.45) is -9.86. The molecule has 0 aliphatic carbocycles. The van der Waals surface area contributed by atoms with Gasteiger partial charge >= 0.3 is 19.7 Å². The third-order valence-corrected chi connectivity index (χ3v) is 4.36. The summed E-state index contributed by atoms with van der Waals surface area (Å²) in [5.41, 5.74) is 0. The second-order valence-electron chi connectivity index (χ2n) is 4.76. The summed E-state index contributed by atoms with van der Waals surface area (Å²) in [4.78, 5) is 11.0. The molecule has 0 aromatic rings. The van der Waals surface area contributed by atoms with E-state index >= 15 is 0 Å². The highest BCUT2D eigenvalue weighted by Gasteiger charge is 2.48. The molecule has 0 rings (SSSR count). The van der Waals surface area contributed by atoms with Crippen LogP contribution in [0.15, 0.2) is 0 Å². The zero-order valence-electron chi connectivity index (χ0n) is 12.1. The molecule has 0 spiro atoms. The molecule has 0 radical (unpaired) electrons. The molecule has 0 saturated carbocycles. The molecule has 5 nitrogen and oxygen atoms in total. The number of ether oxygens (including phenoxy) is 1. The number of alkyl halides is 4. The normalized spacial score (nSPS) is 14.6. The fourth-order valence-corrected chi connectivity index (χ4v) is 3.61. The zero-order valence-corrected chi connectivity index (χ0v) is 13.8. The first-order valence-electron chi connectivity index (χ1n) is 6.17. The second-order valence-corrected chi connectivity index (χ2v) is 7.03. The quantitative estimate of drug-likeness (QED) is 0.377. The van der Waals surface area contributed by atoms with Crippen LogP contribution in [0.2, 0.25) is 0 Å². The third-order valence-electron chi connectivity index (χ3n) is 1.88. The lowest BCUT2D eigenvalue weighted by Crippen LogP contribution is -2.38. The van der Waals surface area contributed by atoms with Gasteiger partial charge in [0.15, 0.2) is 0 Å². The van der Waals surface area contributed by atoms with Gasteiger partial charge in [-0.25, -0.2) is 0 Å². The Kier molecular flexibility index (Phi) is 8.24. The molecular formula is C11H19ClF3O5P. The van der Waals surface area contributed by atoms with E-state index in [-0.39, 0.29) is 0 Å². The lowest BCUT2D eigenvalue weighted by molar-refractivity contribution is -0.214.